The maximum absolute atomic E-state index is 11.2. The molecule has 0 bridgehead atoms. The third-order valence-electron chi connectivity index (χ3n) is 2.81. The molecule has 1 N–H and O–H groups in total. The van der Waals surface area contributed by atoms with Crippen molar-refractivity contribution in [2.75, 3.05) is 6.61 Å². The van der Waals surface area contributed by atoms with Crippen LogP contribution in [0.2, 0.25) is 5.02 Å². The number of carbonyl (C=O) groups excluding carboxylic acids is 1. The van der Waals surface area contributed by atoms with Crippen LogP contribution in [0.1, 0.15) is 25.0 Å². The summed E-state index contributed by atoms with van der Waals surface area (Å²) in [6, 6.07) is 5.24. The standard InChI is InChI=1S/C14H15ClO4/c1-2-18-13(17)7-6-9-8-12(16)10-4-3-5-11(15)14(10)19-9/h3-7,9,12,16H,2,8H2,1H3/b7-6+. The van der Waals surface area contributed by atoms with E-state index in [1.54, 1.807) is 31.2 Å². The zero-order chi connectivity index (χ0) is 13.8. The second kappa shape index (κ2) is 6.08. The van der Waals surface area contributed by atoms with Crippen molar-refractivity contribution in [2.45, 2.75) is 25.6 Å². The molecule has 0 aliphatic carbocycles. The number of aliphatic hydroxyl groups excluding tert-OH is 1. The lowest BCUT2D eigenvalue weighted by Crippen LogP contribution is -2.24. The van der Waals surface area contributed by atoms with Gasteiger partial charge in [-0.2, -0.15) is 0 Å². The van der Waals surface area contributed by atoms with Crippen LogP contribution in [0, 0.1) is 0 Å². The molecule has 1 aliphatic rings. The average molecular weight is 283 g/mol. The summed E-state index contributed by atoms with van der Waals surface area (Å²) in [4.78, 5) is 11.2. The normalized spacial score (nSPS) is 21.8. The first-order valence-electron chi connectivity index (χ1n) is 6.10. The summed E-state index contributed by atoms with van der Waals surface area (Å²) in [6.07, 6.45) is 2.21. The van der Waals surface area contributed by atoms with Gasteiger partial charge in [0.15, 0.2) is 0 Å². The van der Waals surface area contributed by atoms with E-state index in [0.717, 1.165) is 0 Å². The van der Waals surface area contributed by atoms with Crippen LogP contribution in [0.15, 0.2) is 30.4 Å². The van der Waals surface area contributed by atoms with Crippen LogP contribution >= 0.6 is 11.6 Å². The Morgan fingerprint density at radius 1 is 1.63 bits per heavy atom. The van der Waals surface area contributed by atoms with Crippen LogP contribution in [0.3, 0.4) is 0 Å². The van der Waals surface area contributed by atoms with Gasteiger partial charge in [0.1, 0.15) is 11.9 Å². The van der Waals surface area contributed by atoms with Gasteiger partial charge >= 0.3 is 5.97 Å². The molecule has 0 amide bonds. The van der Waals surface area contributed by atoms with Crippen molar-refractivity contribution in [1.82, 2.24) is 0 Å². The van der Waals surface area contributed by atoms with Gasteiger partial charge in [0.25, 0.3) is 0 Å². The number of hydrogen-bond acceptors (Lipinski definition) is 4. The lowest BCUT2D eigenvalue weighted by molar-refractivity contribution is -0.137. The fourth-order valence-electron chi connectivity index (χ4n) is 1.95. The second-order valence-electron chi connectivity index (χ2n) is 4.18. The van der Waals surface area contributed by atoms with E-state index in [-0.39, 0.29) is 0 Å². The Labute approximate surface area is 116 Å². The van der Waals surface area contributed by atoms with Gasteiger partial charge in [-0.05, 0) is 19.1 Å². The molecule has 5 heteroatoms. The Morgan fingerprint density at radius 2 is 2.42 bits per heavy atom. The summed E-state index contributed by atoms with van der Waals surface area (Å²) in [6.45, 7) is 2.06. The van der Waals surface area contributed by atoms with E-state index in [9.17, 15) is 9.90 Å². The van der Waals surface area contributed by atoms with Gasteiger partial charge in [-0.1, -0.05) is 23.7 Å². The summed E-state index contributed by atoms with van der Waals surface area (Å²) in [5.74, 6) is 0.0481. The van der Waals surface area contributed by atoms with Crippen molar-refractivity contribution < 1.29 is 19.4 Å². The number of halogens is 1. The third-order valence-corrected chi connectivity index (χ3v) is 3.11. The minimum Gasteiger partial charge on any atom is -0.484 e. The largest absolute Gasteiger partial charge is 0.484 e. The summed E-state index contributed by atoms with van der Waals surface area (Å²) < 4.78 is 10.5. The Balaban J connectivity index is 2.12. The highest BCUT2D eigenvalue weighted by atomic mass is 35.5. The van der Waals surface area contributed by atoms with Crippen molar-refractivity contribution in [3.63, 3.8) is 0 Å². The third kappa shape index (κ3) is 3.28. The Bertz CT molecular complexity index is 498. The number of carbonyl (C=O) groups is 1. The Kier molecular flexibility index (Phi) is 4.45. The molecule has 1 aromatic carbocycles. The maximum Gasteiger partial charge on any atom is 0.330 e. The topological polar surface area (TPSA) is 55.8 Å². The number of aliphatic hydroxyl groups is 1. The molecule has 0 saturated carbocycles. The summed E-state index contributed by atoms with van der Waals surface area (Å²) in [5, 5.41) is 10.5. The molecule has 1 aromatic rings. The Hall–Kier alpha value is -1.52. The predicted molar refractivity (Wildman–Crippen MR) is 71.2 cm³/mol. The highest BCUT2D eigenvalue weighted by molar-refractivity contribution is 6.32. The predicted octanol–water partition coefficient (Wildman–Crippen LogP) is 2.64. The van der Waals surface area contributed by atoms with E-state index < -0.39 is 18.2 Å². The quantitative estimate of drug-likeness (QED) is 0.684. The van der Waals surface area contributed by atoms with Gasteiger partial charge in [-0.15, -0.1) is 0 Å². The van der Waals surface area contributed by atoms with Crippen molar-refractivity contribution in [2.24, 2.45) is 0 Å². The minimum absolute atomic E-state index is 0.325. The molecule has 0 fully saturated rings. The van der Waals surface area contributed by atoms with E-state index in [1.807, 2.05) is 0 Å². The molecule has 4 nitrogen and oxygen atoms in total. The molecule has 19 heavy (non-hydrogen) atoms. The van der Waals surface area contributed by atoms with Crippen molar-refractivity contribution in [1.29, 1.82) is 0 Å². The van der Waals surface area contributed by atoms with E-state index in [0.29, 0.717) is 29.4 Å². The minimum atomic E-state index is -0.653. The lowest BCUT2D eigenvalue weighted by atomic mass is 9.99. The van der Waals surface area contributed by atoms with Crippen LogP contribution in [0.4, 0.5) is 0 Å². The molecule has 102 valence electrons. The number of ether oxygens (including phenoxy) is 2. The molecule has 0 saturated heterocycles. The van der Waals surface area contributed by atoms with Crippen molar-refractivity contribution in [3.05, 3.63) is 40.9 Å². The molecule has 1 heterocycles. The van der Waals surface area contributed by atoms with Gasteiger partial charge in [0.2, 0.25) is 0 Å². The second-order valence-corrected chi connectivity index (χ2v) is 4.58. The van der Waals surface area contributed by atoms with Gasteiger partial charge in [0.05, 0.1) is 17.7 Å². The molecule has 0 radical (unpaired) electrons. The maximum atomic E-state index is 11.2. The van der Waals surface area contributed by atoms with E-state index in [4.69, 9.17) is 21.1 Å². The van der Waals surface area contributed by atoms with Crippen LogP contribution in [0.5, 0.6) is 5.75 Å². The van der Waals surface area contributed by atoms with Gasteiger partial charge in [-0.3, -0.25) is 0 Å². The van der Waals surface area contributed by atoms with Gasteiger partial charge in [0, 0.05) is 18.1 Å². The van der Waals surface area contributed by atoms with Crippen LogP contribution in [-0.2, 0) is 9.53 Å². The SMILES string of the molecule is CCOC(=O)/C=C/C1CC(O)c2cccc(Cl)c2O1. The first-order chi connectivity index (χ1) is 9.11. The molecule has 0 spiro atoms. The smallest absolute Gasteiger partial charge is 0.330 e. The van der Waals surface area contributed by atoms with Gasteiger partial charge < -0.3 is 14.6 Å². The van der Waals surface area contributed by atoms with Gasteiger partial charge in [-0.25, -0.2) is 4.79 Å². The fraction of sp³-hybridized carbons (Fsp3) is 0.357. The fourth-order valence-corrected chi connectivity index (χ4v) is 2.18. The molecular formula is C14H15ClO4. The molecule has 2 atom stereocenters. The monoisotopic (exact) mass is 282 g/mol. The van der Waals surface area contributed by atoms with E-state index in [2.05, 4.69) is 0 Å². The van der Waals surface area contributed by atoms with E-state index in [1.165, 1.54) is 6.08 Å². The van der Waals surface area contributed by atoms with E-state index >= 15 is 0 Å². The van der Waals surface area contributed by atoms with Crippen molar-refractivity contribution in [3.8, 4) is 5.75 Å². The highest BCUT2D eigenvalue weighted by Gasteiger charge is 2.27. The molecule has 2 unspecified atom stereocenters. The van der Waals surface area contributed by atoms with Crippen LogP contribution in [-0.4, -0.2) is 23.8 Å². The summed E-state index contributed by atoms with van der Waals surface area (Å²) >= 11 is 6.03. The van der Waals surface area contributed by atoms with Crippen LogP contribution in [0.25, 0.3) is 0 Å². The number of fused-ring (bicyclic) bond motifs is 1. The van der Waals surface area contributed by atoms with Crippen molar-refractivity contribution >= 4 is 17.6 Å². The van der Waals surface area contributed by atoms with Crippen LogP contribution < -0.4 is 4.74 Å². The molecule has 2 rings (SSSR count). The number of esters is 1. The zero-order valence-electron chi connectivity index (χ0n) is 10.5. The summed E-state index contributed by atoms with van der Waals surface area (Å²) in [5.41, 5.74) is 0.674. The number of para-hydroxylation sites is 1. The number of benzene rings is 1. The average Bonchev–Trinajstić information content (AvgIpc) is 2.38. The first-order valence-corrected chi connectivity index (χ1v) is 6.47. The lowest BCUT2D eigenvalue weighted by Gasteiger charge is -2.28. The molecule has 0 aromatic heterocycles. The Morgan fingerprint density at radius 3 is 3.16 bits per heavy atom. The first kappa shape index (κ1) is 13.9. The number of hydrogen-bond donors (Lipinski definition) is 1. The molecule has 1 aliphatic heterocycles. The highest BCUT2D eigenvalue weighted by Crippen LogP contribution is 2.39. The summed E-state index contributed by atoms with van der Waals surface area (Å²) in [7, 11) is 0. The molecular weight excluding hydrogens is 268 g/mol. The number of rotatable bonds is 3. The zero-order valence-corrected chi connectivity index (χ0v) is 11.3.